The van der Waals surface area contributed by atoms with Gasteiger partial charge in [-0.1, -0.05) is 25.4 Å². The van der Waals surface area contributed by atoms with Crippen molar-refractivity contribution in [2.75, 3.05) is 31.6 Å². The van der Waals surface area contributed by atoms with Gasteiger partial charge in [0.1, 0.15) is 12.4 Å². The highest BCUT2D eigenvalue weighted by molar-refractivity contribution is 6.33. The molecule has 1 aromatic carbocycles. The molecule has 2 aromatic rings. The fourth-order valence-electron chi connectivity index (χ4n) is 3.03. The lowest BCUT2D eigenvalue weighted by Crippen LogP contribution is -2.37. The van der Waals surface area contributed by atoms with Crippen molar-refractivity contribution in [2.24, 2.45) is 11.7 Å². The van der Waals surface area contributed by atoms with Gasteiger partial charge in [-0.05, 0) is 24.1 Å². The highest BCUT2D eigenvalue weighted by Gasteiger charge is 2.42. The lowest BCUT2D eigenvalue weighted by Gasteiger charge is -2.25. The van der Waals surface area contributed by atoms with Crippen molar-refractivity contribution < 1.29 is 37.0 Å². The number of carbonyl (C=O) groups excluding carboxylic acids is 3. The number of carbonyl (C=O) groups is 3. The normalized spacial score (nSPS) is 11.2. The van der Waals surface area contributed by atoms with Gasteiger partial charge in [0.05, 0.1) is 10.6 Å². The van der Waals surface area contributed by atoms with Crippen LogP contribution in [0.5, 0.6) is 11.5 Å². The molecule has 0 saturated carbocycles. The number of amides is 2. The number of benzene rings is 1. The number of aromatic nitrogens is 1. The number of ether oxygens (including phenoxy) is 2. The summed E-state index contributed by atoms with van der Waals surface area (Å²) in [5, 5.41) is 2.64. The quantitative estimate of drug-likeness (QED) is 0.244. The van der Waals surface area contributed by atoms with Crippen molar-refractivity contribution in [3.8, 4) is 11.5 Å². The zero-order valence-corrected chi connectivity index (χ0v) is 20.4. The van der Waals surface area contributed by atoms with E-state index in [1.807, 2.05) is 0 Å². The minimum atomic E-state index is -5.32. The fraction of sp³-hybridized carbons (Fsp3) is 0.391. The zero-order chi connectivity index (χ0) is 26.9. The molecule has 0 radical (unpaired) electrons. The Morgan fingerprint density at radius 1 is 1.19 bits per heavy atom. The van der Waals surface area contributed by atoms with Gasteiger partial charge in [-0.15, -0.1) is 0 Å². The van der Waals surface area contributed by atoms with Gasteiger partial charge in [-0.3, -0.25) is 14.6 Å². The fourth-order valence-corrected chi connectivity index (χ4v) is 3.28. The smallest absolute Gasteiger partial charge is 0.491 e. The van der Waals surface area contributed by atoms with Crippen molar-refractivity contribution in [3.05, 3.63) is 47.2 Å². The number of nitrogens with two attached hydrogens (primary N) is 1. The number of nitrogens with zero attached hydrogens (tertiary/aromatic N) is 2. The Labute approximate surface area is 210 Å². The molecule has 0 aliphatic rings. The molecule has 0 aliphatic heterocycles. The summed E-state index contributed by atoms with van der Waals surface area (Å²) in [6.07, 6.45) is -2.30. The summed E-state index contributed by atoms with van der Waals surface area (Å²) >= 11 is 6.13. The van der Waals surface area contributed by atoms with Crippen molar-refractivity contribution >= 4 is 35.1 Å². The summed E-state index contributed by atoms with van der Waals surface area (Å²) in [7, 11) is 0. The van der Waals surface area contributed by atoms with Gasteiger partial charge >= 0.3 is 12.1 Å². The van der Waals surface area contributed by atoms with E-state index in [4.69, 9.17) is 22.1 Å². The first-order valence-electron chi connectivity index (χ1n) is 10.8. The molecule has 0 atom stereocenters. The molecule has 2 amide bonds. The van der Waals surface area contributed by atoms with Crippen LogP contribution >= 0.6 is 11.6 Å². The van der Waals surface area contributed by atoms with Gasteiger partial charge in [0.25, 0.3) is 5.91 Å². The van der Waals surface area contributed by atoms with Crippen molar-refractivity contribution in [1.82, 2.24) is 9.88 Å². The number of esters is 1. The van der Waals surface area contributed by atoms with Crippen LogP contribution in [0.2, 0.25) is 5.02 Å². The van der Waals surface area contributed by atoms with Crippen LogP contribution in [0.25, 0.3) is 0 Å². The largest absolute Gasteiger partial charge is 0.492 e. The zero-order valence-electron chi connectivity index (χ0n) is 19.6. The predicted octanol–water partition coefficient (Wildman–Crippen LogP) is 3.67. The Morgan fingerprint density at radius 3 is 2.44 bits per heavy atom. The minimum absolute atomic E-state index is 0.0582. The maximum atomic E-state index is 13.3. The molecule has 36 heavy (non-hydrogen) atoms. The summed E-state index contributed by atoms with van der Waals surface area (Å²) < 4.78 is 48.7. The minimum Gasteiger partial charge on any atom is -0.492 e. The Morgan fingerprint density at radius 2 is 1.86 bits per heavy atom. The molecule has 2 rings (SSSR count). The maximum Gasteiger partial charge on any atom is 0.491 e. The monoisotopic (exact) mass is 530 g/mol. The predicted molar refractivity (Wildman–Crippen MR) is 126 cm³/mol. The van der Waals surface area contributed by atoms with E-state index in [1.165, 1.54) is 4.90 Å². The highest BCUT2D eigenvalue weighted by atomic mass is 35.5. The first kappa shape index (κ1) is 28.7. The van der Waals surface area contributed by atoms with Crippen molar-refractivity contribution in [2.45, 2.75) is 26.4 Å². The molecule has 1 heterocycles. The molecule has 0 spiro atoms. The highest BCUT2D eigenvalue weighted by Crippen LogP contribution is 2.36. The van der Waals surface area contributed by atoms with E-state index >= 15 is 0 Å². The van der Waals surface area contributed by atoms with Crippen molar-refractivity contribution in [3.63, 3.8) is 0 Å². The summed E-state index contributed by atoms with van der Waals surface area (Å²) in [4.78, 5) is 41.2. The second-order valence-electron chi connectivity index (χ2n) is 8.04. The summed E-state index contributed by atoms with van der Waals surface area (Å²) in [6, 6.07) is 5.76. The van der Waals surface area contributed by atoms with Crippen LogP contribution in [0, 0.1) is 5.92 Å². The number of primary amides is 1. The number of anilines is 1. The van der Waals surface area contributed by atoms with E-state index < -0.39 is 40.3 Å². The molecule has 196 valence electrons. The second-order valence-corrected chi connectivity index (χ2v) is 8.45. The van der Waals surface area contributed by atoms with Crippen LogP contribution in [-0.2, 0) is 9.59 Å². The van der Waals surface area contributed by atoms with E-state index in [1.54, 1.807) is 38.4 Å². The standard InChI is InChI=1S/C23H26ClF3N4O5/c1-14(2)13-31(9-5-19(28)32)21(33)17-11-16(35-10-8-30-15-3-6-29-7-4-15)12-18(24)20(17)36-22(34)23(25,26)27/h3-4,6-7,11-12,14H,5,8-10,13H2,1-2H3,(H2,28,32)(H,29,30). The Kier molecular flexibility index (Phi) is 10.3. The number of nitrogens with one attached hydrogen (secondary N) is 1. The van der Waals surface area contributed by atoms with Crippen LogP contribution in [0.3, 0.4) is 0 Å². The van der Waals surface area contributed by atoms with E-state index in [9.17, 15) is 27.6 Å². The molecule has 13 heteroatoms. The Balaban J connectivity index is 2.33. The van der Waals surface area contributed by atoms with E-state index in [0.717, 1.165) is 17.8 Å². The Bertz CT molecular complexity index is 1070. The van der Waals surface area contributed by atoms with Crippen LogP contribution < -0.4 is 20.5 Å². The first-order valence-corrected chi connectivity index (χ1v) is 11.2. The number of hydrogen-bond donors (Lipinski definition) is 2. The first-order chi connectivity index (χ1) is 16.9. The van der Waals surface area contributed by atoms with Gasteiger partial charge in [-0.2, -0.15) is 13.2 Å². The van der Waals surface area contributed by atoms with Gasteiger partial charge in [-0.25, -0.2) is 4.79 Å². The molecular weight excluding hydrogens is 505 g/mol. The average molecular weight is 531 g/mol. The third kappa shape index (κ3) is 8.91. The molecule has 0 unspecified atom stereocenters. The molecule has 0 saturated heterocycles. The molecular formula is C23H26ClF3N4O5. The third-order valence-electron chi connectivity index (χ3n) is 4.55. The van der Waals surface area contributed by atoms with Gasteiger partial charge in [0, 0.05) is 50.2 Å². The van der Waals surface area contributed by atoms with Gasteiger partial charge < -0.3 is 25.4 Å². The van der Waals surface area contributed by atoms with E-state index in [0.29, 0.717) is 6.54 Å². The Hall–Kier alpha value is -3.54. The molecule has 9 nitrogen and oxygen atoms in total. The number of hydrogen-bond acceptors (Lipinski definition) is 7. The van der Waals surface area contributed by atoms with Gasteiger partial charge in [0.15, 0.2) is 5.75 Å². The lowest BCUT2D eigenvalue weighted by molar-refractivity contribution is -0.189. The molecule has 0 fully saturated rings. The molecule has 3 N–H and O–H groups in total. The van der Waals surface area contributed by atoms with E-state index in [-0.39, 0.29) is 37.8 Å². The van der Waals surface area contributed by atoms with E-state index in [2.05, 4.69) is 15.0 Å². The number of halogens is 4. The third-order valence-corrected chi connectivity index (χ3v) is 4.84. The number of pyridine rings is 1. The number of rotatable bonds is 12. The second kappa shape index (κ2) is 13.0. The molecule has 1 aromatic heterocycles. The van der Waals surface area contributed by atoms with Crippen LogP contribution in [0.1, 0.15) is 30.6 Å². The van der Waals surface area contributed by atoms with Crippen LogP contribution in [0.15, 0.2) is 36.7 Å². The number of alkyl halides is 3. The molecule has 0 aliphatic carbocycles. The SMILES string of the molecule is CC(C)CN(CCC(N)=O)C(=O)c1cc(OCCNc2ccncc2)cc(Cl)c1OC(=O)C(F)(F)F. The van der Waals surface area contributed by atoms with Gasteiger partial charge in [0.2, 0.25) is 5.91 Å². The summed E-state index contributed by atoms with van der Waals surface area (Å²) in [5.74, 6) is -4.78. The van der Waals surface area contributed by atoms with Crippen LogP contribution in [0.4, 0.5) is 18.9 Å². The topological polar surface area (TPSA) is 124 Å². The maximum absolute atomic E-state index is 13.3. The molecule has 0 bridgehead atoms. The summed E-state index contributed by atoms with van der Waals surface area (Å²) in [5.41, 5.74) is 5.55. The average Bonchev–Trinajstić information content (AvgIpc) is 2.80. The van der Waals surface area contributed by atoms with Crippen LogP contribution in [-0.4, -0.2) is 60.1 Å². The summed E-state index contributed by atoms with van der Waals surface area (Å²) in [6.45, 7) is 4.10. The van der Waals surface area contributed by atoms with Crippen molar-refractivity contribution in [1.29, 1.82) is 0 Å². The lowest BCUT2D eigenvalue weighted by atomic mass is 10.1.